The van der Waals surface area contributed by atoms with E-state index in [-0.39, 0.29) is 17.9 Å². The van der Waals surface area contributed by atoms with Crippen molar-refractivity contribution in [3.05, 3.63) is 0 Å². The van der Waals surface area contributed by atoms with Crippen LogP contribution in [0.15, 0.2) is 0 Å². The maximum Gasteiger partial charge on any atom is 0.307 e. The van der Waals surface area contributed by atoms with Gasteiger partial charge in [0.15, 0.2) is 0 Å². The van der Waals surface area contributed by atoms with E-state index in [1.54, 1.807) is 0 Å². The van der Waals surface area contributed by atoms with E-state index < -0.39 is 11.9 Å². The third-order valence-corrected chi connectivity index (χ3v) is 4.94. The number of nitrogens with zero attached hydrogens (tertiary/aromatic N) is 1. The van der Waals surface area contributed by atoms with E-state index in [9.17, 15) is 14.7 Å². The number of hydrogen-bond acceptors (Lipinski definition) is 2. The monoisotopic (exact) mass is 267 g/mol. The van der Waals surface area contributed by atoms with Gasteiger partial charge in [0.05, 0.1) is 11.8 Å². The molecule has 19 heavy (non-hydrogen) atoms. The Labute approximate surface area is 115 Å². The smallest absolute Gasteiger partial charge is 0.307 e. The van der Waals surface area contributed by atoms with Gasteiger partial charge in [0.25, 0.3) is 0 Å². The van der Waals surface area contributed by atoms with Crippen molar-refractivity contribution < 1.29 is 14.7 Å². The molecule has 4 nitrogen and oxygen atoms in total. The summed E-state index contributed by atoms with van der Waals surface area (Å²) in [4.78, 5) is 25.9. The van der Waals surface area contributed by atoms with E-state index in [0.717, 1.165) is 25.8 Å². The van der Waals surface area contributed by atoms with Crippen molar-refractivity contribution in [3.8, 4) is 0 Å². The van der Waals surface area contributed by atoms with Crippen LogP contribution < -0.4 is 0 Å². The van der Waals surface area contributed by atoms with Crippen molar-refractivity contribution in [2.75, 3.05) is 6.54 Å². The van der Waals surface area contributed by atoms with Crippen LogP contribution in [0.3, 0.4) is 0 Å². The molecule has 1 saturated heterocycles. The molecule has 3 unspecified atom stereocenters. The number of rotatable bonds is 3. The predicted molar refractivity (Wildman–Crippen MR) is 72.6 cm³/mol. The quantitative estimate of drug-likeness (QED) is 0.854. The molecular formula is C15H25NO3. The second kappa shape index (κ2) is 5.51. The molecule has 1 aliphatic carbocycles. The maximum atomic E-state index is 12.6. The Morgan fingerprint density at radius 1 is 1.16 bits per heavy atom. The summed E-state index contributed by atoms with van der Waals surface area (Å²) < 4.78 is 0. The van der Waals surface area contributed by atoms with Gasteiger partial charge in [0.1, 0.15) is 0 Å². The van der Waals surface area contributed by atoms with E-state index in [4.69, 9.17) is 0 Å². The van der Waals surface area contributed by atoms with Crippen LogP contribution in [0, 0.1) is 23.7 Å². The summed E-state index contributed by atoms with van der Waals surface area (Å²) in [6.45, 7) is 7.10. The fourth-order valence-electron chi connectivity index (χ4n) is 3.84. The minimum Gasteiger partial charge on any atom is -0.481 e. The van der Waals surface area contributed by atoms with Crippen molar-refractivity contribution in [2.45, 2.75) is 52.5 Å². The first kappa shape index (κ1) is 14.4. The molecule has 0 radical (unpaired) electrons. The maximum absolute atomic E-state index is 12.6. The lowest BCUT2D eigenvalue weighted by atomic mass is 9.94. The first-order valence-electron chi connectivity index (χ1n) is 7.47. The molecule has 5 atom stereocenters. The van der Waals surface area contributed by atoms with E-state index in [1.165, 1.54) is 0 Å². The first-order chi connectivity index (χ1) is 8.93. The molecule has 0 aromatic rings. The van der Waals surface area contributed by atoms with E-state index in [0.29, 0.717) is 18.3 Å². The molecule has 2 aliphatic rings. The molecule has 2 rings (SSSR count). The van der Waals surface area contributed by atoms with Crippen LogP contribution in [0.1, 0.15) is 46.5 Å². The zero-order valence-electron chi connectivity index (χ0n) is 12.1. The second-order valence-electron chi connectivity index (χ2n) is 6.48. The van der Waals surface area contributed by atoms with Crippen LogP contribution in [-0.2, 0) is 9.59 Å². The van der Waals surface area contributed by atoms with Crippen LogP contribution in [-0.4, -0.2) is 34.5 Å². The minimum absolute atomic E-state index is 0.0835. The van der Waals surface area contributed by atoms with E-state index in [1.807, 2.05) is 4.90 Å². The third kappa shape index (κ3) is 2.77. The Bertz CT molecular complexity index is 368. The molecule has 0 spiro atoms. The number of likely N-dealkylation sites (tertiary alicyclic amines) is 1. The number of carboxylic acids is 1. The van der Waals surface area contributed by atoms with Gasteiger partial charge in [0.2, 0.25) is 5.91 Å². The van der Waals surface area contributed by atoms with Crippen LogP contribution in [0.25, 0.3) is 0 Å². The van der Waals surface area contributed by atoms with Crippen molar-refractivity contribution in [3.63, 3.8) is 0 Å². The highest BCUT2D eigenvalue weighted by atomic mass is 16.4. The second-order valence-corrected chi connectivity index (χ2v) is 6.48. The molecule has 1 amide bonds. The summed E-state index contributed by atoms with van der Waals surface area (Å²) in [6, 6.07) is 0.262. The van der Waals surface area contributed by atoms with Crippen molar-refractivity contribution >= 4 is 11.9 Å². The first-order valence-corrected chi connectivity index (χ1v) is 7.47. The number of carbonyl (C=O) groups is 2. The highest BCUT2D eigenvalue weighted by Gasteiger charge is 2.45. The van der Waals surface area contributed by atoms with E-state index in [2.05, 4.69) is 20.8 Å². The lowest BCUT2D eigenvalue weighted by Gasteiger charge is -2.26. The average molecular weight is 267 g/mol. The van der Waals surface area contributed by atoms with Gasteiger partial charge < -0.3 is 10.0 Å². The Morgan fingerprint density at radius 2 is 1.79 bits per heavy atom. The number of carboxylic acid groups (broad SMARTS) is 1. The summed E-state index contributed by atoms with van der Waals surface area (Å²) in [7, 11) is 0. The fraction of sp³-hybridized carbons (Fsp3) is 0.867. The minimum atomic E-state index is -0.797. The Balaban J connectivity index is 2.11. The summed E-state index contributed by atoms with van der Waals surface area (Å²) in [6.07, 6.45) is 3.43. The summed E-state index contributed by atoms with van der Waals surface area (Å²) in [5.74, 6) is -0.554. The molecule has 0 bridgehead atoms. The van der Waals surface area contributed by atoms with Gasteiger partial charge in [-0.05, 0) is 38.0 Å². The molecule has 0 aromatic carbocycles. The Hall–Kier alpha value is -1.06. The van der Waals surface area contributed by atoms with Gasteiger partial charge in [-0.2, -0.15) is 0 Å². The van der Waals surface area contributed by atoms with Crippen LogP contribution in [0.5, 0.6) is 0 Å². The zero-order valence-corrected chi connectivity index (χ0v) is 12.1. The van der Waals surface area contributed by atoms with Gasteiger partial charge in [-0.25, -0.2) is 0 Å². The highest BCUT2D eigenvalue weighted by Crippen LogP contribution is 2.40. The standard InChI is InChI=1S/C15H25NO3/c1-4-11-6-12(13(7-11)15(18)19)14(17)16-8-9(2)5-10(16)3/h9-13H,4-8H2,1-3H3,(H,18,19)/t9?,10?,11?,12-,13+/m0/s1. The largest absolute Gasteiger partial charge is 0.481 e. The van der Waals surface area contributed by atoms with Gasteiger partial charge >= 0.3 is 5.97 Å². The molecule has 1 aliphatic heterocycles. The topological polar surface area (TPSA) is 57.6 Å². The zero-order chi connectivity index (χ0) is 14.2. The average Bonchev–Trinajstić information content (AvgIpc) is 2.91. The lowest BCUT2D eigenvalue weighted by Crippen LogP contribution is -2.41. The third-order valence-electron chi connectivity index (χ3n) is 4.94. The number of amides is 1. The number of hydrogen-bond donors (Lipinski definition) is 1. The van der Waals surface area contributed by atoms with Gasteiger partial charge in [-0.15, -0.1) is 0 Å². The van der Waals surface area contributed by atoms with Crippen molar-refractivity contribution in [1.29, 1.82) is 0 Å². The van der Waals surface area contributed by atoms with Crippen molar-refractivity contribution in [2.24, 2.45) is 23.7 Å². The van der Waals surface area contributed by atoms with Crippen LogP contribution in [0.2, 0.25) is 0 Å². The predicted octanol–water partition coefficient (Wildman–Crippen LogP) is 2.38. The SMILES string of the molecule is CCC1C[C@H](C(=O)N2CC(C)CC2C)[C@H](C(=O)O)C1. The fourth-order valence-corrected chi connectivity index (χ4v) is 3.84. The van der Waals surface area contributed by atoms with Crippen LogP contribution >= 0.6 is 0 Å². The Kier molecular flexibility index (Phi) is 4.16. The number of aliphatic carboxylic acids is 1. The van der Waals surface area contributed by atoms with E-state index >= 15 is 0 Å². The van der Waals surface area contributed by atoms with Crippen molar-refractivity contribution in [1.82, 2.24) is 4.90 Å². The van der Waals surface area contributed by atoms with Crippen LogP contribution in [0.4, 0.5) is 0 Å². The normalized spacial score (nSPS) is 38.7. The van der Waals surface area contributed by atoms with Gasteiger partial charge in [0, 0.05) is 12.6 Å². The molecule has 1 saturated carbocycles. The van der Waals surface area contributed by atoms with Gasteiger partial charge in [-0.3, -0.25) is 9.59 Å². The molecular weight excluding hydrogens is 242 g/mol. The molecule has 4 heteroatoms. The number of carbonyl (C=O) groups excluding carboxylic acids is 1. The van der Waals surface area contributed by atoms with Gasteiger partial charge in [-0.1, -0.05) is 20.3 Å². The summed E-state index contributed by atoms with van der Waals surface area (Å²) >= 11 is 0. The summed E-state index contributed by atoms with van der Waals surface area (Å²) in [5, 5.41) is 9.34. The molecule has 0 aromatic heterocycles. The molecule has 1 N–H and O–H groups in total. The molecule has 2 fully saturated rings. The summed E-state index contributed by atoms with van der Waals surface area (Å²) in [5.41, 5.74) is 0. The molecule has 108 valence electrons. The highest BCUT2D eigenvalue weighted by molar-refractivity contribution is 5.85. The lowest BCUT2D eigenvalue weighted by molar-refractivity contribution is -0.149. The molecule has 1 heterocycles. The Morgan fingerprint density at radius 3 is 2.26 bits per heavy atom.